The van der Waals surface area contributed by atoms with E-state index in [0.29, 0.717) is 0 Å². The van der Waals surface area contributed by atoms with Gasteiger partial charge in [-0.3, -0.25) is 4.79 Å². The zero-order valence-corrected chi connectivity index (χ0v) is 13.5. The highest BCUT2D eigenvalue weighted by molar-refractivity contribution is 7.90. The fourth-order valence-corrected chi connectivity index (χ4v) is 2.63. The Bertz CT molecular complexity index is 444. The molecule has 20 heavy (non-hydrogen) atoms. The highest BCUT2D eigenvalue weighted by atomic mass is 32.2. The molecule has 0 saturated carbocycles. The normalized spacial score (nSPS) is 16.3. The highest BCUT2D eigenvalue weighted by Gasteiger charge is 2.38. The number of hydrogen-bond donors (Lipinski definition) is 1. The molecule has 112 valence electrons. The minimum atomic E-state index is -1.28. The number of methoxy groups -OCH3 is 1. The van der Waals surface area contributed by atoms with Gasteiger partial charge in [-0.15, -0.1) is 4.72 Å². The summed E-state index contributed by atoms with van der Waals surface area (Å²) < 4.78 is 19.8. The van der Waals surface area contributed by atoms with Gasteiger partial charge >= 0.3 is 5.97 Å². The standard InChI is InChI=1S/C15H23NO3S/c1-14(2,3)20(18)16-15(4,11-13(17)19-5)12-9-7-6-8-10-12/h6-10,16H,11H2,1-5H3/t15-,20?/m0/s1. The SMILES string of the molecule is COC(=O)C[C@](C)(N[S+]([O-])C(C)(C)C)c1ccccc1. The molecule has 2 atom stereocenters. The topological polar surface area (TPSA) is 61.4 Å². The predicted molar refractivity (Wildman–Crippen MR) is 81.5 cm³/mol. The maximum absolute atomic E-state index is 12.4. The number of nitrogens with one attached hydrogen (secondary N) is 1. The van der Waals surface area contributed by atoms with Crippen LogP contribution in [0, 0.1) is 0 Å². The van der Waals surface area contributed by atoms with Crippen molar-refractivity contribution < 1.29 is 14.1 Å². The van der Waals surface area contributed by atoms with E-state index in [1.807, 2.05) is 58.0 Å². The van der Waals surface area contributed by atoms with Crippen LogP contribution >= 0.6 is 0 Å². The molecular weight excluding hydrogens is 274 g/mol. The van der Waals surface area contributed by atoms with Crippen molar-refractivity contribution in [2.45, 2.75) is 44.4 Å². The molecule has 0 heterocycles. The van der Waals surface area contributed by atoms with Crippen molar-refractivity contribution in [3.8, 4) is 0 Å². The molecule has 4 nitrogen and oxygen atoms in total. The first-order valence-corrected chi connectivity index (χ1v) is 7.66. The van der Waals surface area contributed by atoms with Crippen LogP contribution in [0.15, 0.2) is 30.3 Å². The molecule has 0 spiro atoms. The summed E-state index contributed by atoms with van der Waals surface area (Å²) in [5.74, 6) is -0.338. The molecule has 0 aliphatic heterocycles. The Morgan fingerprint density at radius 1 is 1.25 bits per heavy atom. The number of benzene rings is 1. The summed E-state index contributed by atoms with van der Waals surface area (Å²) in [6.07, 6.45) is 0.120. The van der Waals surface area contributed by atoms with Crippen LogP contribution in [0.3, 0.4) is 0 Å². The summed E-state index contributed by atoms with van der Waals surface area (Å²) in [6.45, 7) is 7.53. The van der Waals surface area contributed by atoms with E-state index in [2.05, 4.69) is 4.72 Å². The molecule has 5 heteroatoms. The van der Waals surface area contributed by atoms with E-state index in [-0.39, 0.29) is 12.4 Å². The first-order chi connectivity index (χ1) is 9.19. The van der Waals surface area contributed by atoms with Crippen LogP contribution in [0.4, 0.5) is 0 Å². The number of esters is 1. The second kappa shape index (κ2) is 6.61. The van der Waals surface area contributed by atoms with Crippen LogP contribution in [0.2, 0.25) is 0 Å². The van der Waals surface area contributed by atoms with E-state index in [4.69, 9.17) is 4.74 Å². The molecular formula is C15H23NO3S. The Hall–Kier alpha value is -1.04. The molecule has 1 aromatic carbocycles. The van der Waals surface area contributed by atoms with Gasteiger partial charge in [-0.2, -0.15) is 0 Å². The van der Waals surface area contributed by atoms with Crippen molar-refractivity contribution in [3.05, 3.63) is 35.9 Å². The van der Waals surface area contributed by atoms with Gasteiger partial charge in [0.05, 0.1) is 19.1 Å². The first-order valence-electron chi connectivity index (χ1n) is 6.51. The van der Waals surface area contributed by atoms with E-state index >= 15 is 0 Å². The van der Waals surface area contributed by atoms with Gasteiger partial charge in [0.1, 0.15) is 4.75 Å². The van der Waals surface area contributed by atoms with Crippen LogP contribution in [0.1, 0.15) is 39.7 Å². The number of carbonyl (C=O) groups excluding carboxylic acids is 1. The molecule has 0 bridgehead atoms. The second-order valence-corrected chi connectivity index (χ2v) is 7.90. The van der Waals surface area contributed by atoms with Crippen molar-refractivity contribution in [2.24, 2.45) is 0 Å². The summed E-state index contributed by atoms with van der Waals surface area (Å²) in [6, 6.07) is 9.52. The lowest BCUT2D eigenvalue weighted by Gasteiger charge is -2.34. The van der Waals surface area contributed by atoms with Crippen LogP contribution < -0.4 is 4.72 Å². The molecule has 0 radical (unpaired) electrons. The van der Waals surface area contributed by atoms with Gasteiger partial charge in [-0.05, 0) is 33.3 Å². The van der Waals surface area contributed by atoms with Gasteiger partial charge < -0.3 is 9.29 Å². The molecule has 0 saturated heterocycles. The fraction of sp³-hybridized carbons (Fsp3) is 0.533. The minimum absolute atomic E-state index is 0.120. The van der Waals surface area contributed by atoms with E-state index in [1.54, 1.807) is 0 Å². The Kier molecular flexibility index (Phi) is 5.62. The number of hydrogen-bond acceptors (Lipinski definition) is 4. The van der Waals surface area contributed by atoms with Gasteiger partial charge in [0.2, 0.25) is 0 Å². The third kappa shape index (κ3) is 4.51. The van der Waals surface area contributed by atoms with Crippen LogP contribution in [0.5, 0.6) is 0 Å². The Morgan fingerprint density at radius 3 is 2.25 bits per heavy atom. The predicted octanol–water partition coefficient (Wildman–Crippen LogP) is 2.52. The van der Waals surface area contributed by atoms with E-state index in [0.717, 1.165) is 5.56 Å². The summed E-state index contributed by atoms with van der Waals surface area (Å²) in [5.41, 5.74) is 0.176. The van der Waals surface area contributed by atoms with Crippen LogP contribution in [-0.2, 0) is 26.4 Å². The zero-order valence-electron chi connectivity index (χ0n) is 12.7. The van der Waals surface area contributed by atoms with Crippen molar-refractivity contribution in [3.63, 3.8) is 0 Å². The molecule has 1 aromatic rings. The van der Waals surface area contributed by atoms with Crippen molar-refractivity contribution in [1.29, 1.82) is 0 Å². The molecule has 1 unspecified atom stereocenters. The Morgan fingerprint density at radius 2 is 1.80 bits per heavy atom. The maximum atomic E-state index is 12.4. The van der Waals surface area contributed by atoms with Gasteiger partial charge in [-0.25, -0.2) is 0 Å². The smallest absolute Gasteiger partial charge is 0.307 e. The second-order valence-electron chi connectivity index (χ2n) is 5.93. The van der Waals surface area contributed by atoms with Gasteiger partial charge in [-0.1, -0.05) is 30.3 Å². The molecule has 0 fully saturated rings. The van der Waals surface area contributed by atoms with Gasteiger partial charge in [0.25, 0.3) is 0 Å². The van der Waals surface area contributed by atoms with Gasteiger partial charge in [0.15, 0.2) is 0 Å². The lowest BCUT2D eigenvalue weighted by atomic mass is 9.90. The molecule has 0 amide bonds. The molecule has 1 rings (SSSR count). The maximum Gasteiger partial charge on any atom is 0.307 e. The van der Waals surface area contributed by atoms with Gasteiger partial charge in [0, 0.05) is 11.4 Å². The summed E-state index contributed by atoms with van der Waals surface area (Å²) >= 11 is -1.28. The Balaban J connectivity index is 3.05. The fourth-order valence-electron chi connectivity index (χ4n) is 1.72. The molecule has 1 N–H and O–H groups in total. The monoisotopic (exact) mass is 297 g/mol. The largest absolute Gasteiger partial charge is 0.598 e. The summed E-state index contributed by atoms with van der Waals surface area (Å²) in [4.78, 5) is 11.7. The zero-order chi connectivity index (χ0) is 15.4. The highest BCUT2D eigenvalue weighted by Crippen LogP contribution is 2.28. The third-order valence-electron chi connectivity index (χ3n) is 3.01. The molecule has 0 aliphatic carbocycles. The van der Waals surface area contributed by atoms with Crippen molar-refractivity contribution in [1.82, 2.24) is 4.72 Å². The minimum Gasteiger partial charge on any atom is -0.598 e. The van der Waals surface area contributed by atoms with E-state index in [1.165, 1.54) is 7.11 Å². The molecule has 0 aliphatic rings. The average Bonchev–Trinajstić information content (AvgIpc) is 2.38. The number of ether oxygens (including phenoxy) is 1. The van der Waals surface area contributed by atoms with E-state index < -0.39 is 21.6 Å². The number of carbonyl (C=O) groups is 1. The summed E-state index contributed by atoms with van der Waals surface area (Å²) in [7, 11) is 1.36. The third-order valence-corrected chi connectivity index (χ3v) is 4.76. The van der Waals surface area contributed by atoms with Crippen molar-refractivity contribution >= 4 is 17.3 Å². The van der Waals surface area contributed by atoms with Crippen LogP contribution in [0.25, 0.3) is 0 Å². The lowest BCUT2D eigenvalue weighted by Crippen LogP contribution is -2.50. The first kappa shape index (κ1) is 17.0. The van der Waals surface area contributed by atoms with Crippen molar-refractivity contribution in [2.75, 3.05) is 7.11 Å². The lowest BCUT2D eigenvalue weighted by molar-refractivity contribution is -0.142. The number of rotatable bonds is 5. The van der Waals surface area contributed by atoms with Crippen LogP contribution in [-0.4, -0.2) is 22.4 Å². The summed E-state index contributed by atoms with van der Waals surface area (Å²) in [5, 5.41) is 0. The average molecular weight is 297 g/mol. The van der Waals surface area contributed by atoms with E-state index in [9.17, 15) is 9.35 Å². The quantitative estimate of drug-likeness (QED) is 0.670. The molecule has 0 aromatic heterocycles. The Labute approximate surface area is 124 Å².